The molecule has 0 aliphatic rings. The fourth-order valence-electron chi connectivity index (χ4n) is 2.71. The van der Waals surface area contributed by atoms with Gasteiger partial charge in [-0.05, 0) is 37.6 Å². The maximum Gasteiger partial charge on any atom is 0.328 e. The zero-order valence-electron chi connectivity index (χ0n) is 15.0. The number of carbonyl (C=O) groups excluding carboxylic acids is 2. The number of amides is 1. The molecule has 3 rings (SSSR count). The molecule has 27 heavy (non-hydrogen) atoms. The van der Waals surface area contributed by atoms with Crippen LogP contribution in [-0.2, 0) is 16.1 Å². The molecule has 138 valence electrons. The van der Waals surface area contributed by atoms with Crippen LogP contribution in [0.5, 0.6) is 0 Å². The minimum atomic E-state index is -0.793. The molecule has 2 aromatic carbocycles. The number of aryl methyl sites for hydroxylation is 1. The van der Waals surface area contributed by atoms with Crippen molar-refractivity contribution in [2.75, 3.05) is 0 Å². The molecule has 1 aromatic heterocycles. The molecule has 0 aliphatic carbocycles. The summed E-state index contributed by atoms with van der Waals surface area (Å²) in [5.74, 6) is -0.888. The van der Waals surface area contributed by atoms with Crippen LogP contribution in [0.3, 0.4) is 0 Å². The Balaban J connectivity index is 1.66. The molecule has 1 unspecified atom stereocenters. The summed E-state index contributed by atoms with van der Waals surface area (Å²) in [7, 11) is 0. The molecule has 6 heteroatoms. The number of benzene rings is 2. The average molecular weight is 383 g/mol. The third-order valence-corrected chi connectivity index (χ3v) is 4.74. The van der Waals surface area contributed by atoms with Gasteiger partial charge in [0, 0.05) is 10.9 Å². The number of halogens is 1. The van der Waals surface area contributed by atoms with E-state index in [0.717, 1.165) is 16.5 Å². The van der Waals surface area contributed by atoms with Crippen LogP contribution in [0.2, 0.25) is 5.02 Å². The van der Waals surface area contributed by atoms with Crippen molar-refractivity contribution in [3.05, 3.63) is 76.4 Å². The Morgan fingerprint density at radius 3 is 2.52 bits per heavy atom. The van der Waals surface area contributed by atoms with Crippen molar-refractivity contribution in [1.29, 1.82) is 0 Å². The van der Waals surface area contributed by atoms with Gasteiger partial charge in [0.1, 0.15) is 12.6 Å². The first-order valence-electron chi connectivity index (χ1n) is 8.53. The van der Waals surface area contributed by atoms with E-state index >= 15 is 0 Å². The molecule has 0 spiro atoms. The van der Waals surface area contributed by atoms with Crippen LogP contribution in [0.4, 0.5) is 0 Å². The van der Waals surface area contributed by atoms with Gasteiger partial charge < -0.3 is 10.1 Å². The number of fused-ring (bicyclic) bond motifs is 1. The lowest BCUT2D eigenvalue weighted by atomic mass is 10.1. The monoisotopic (exact) mass is 382 g/mol. The topological polar surface area (TPSA) is 68.3 Å². The van der Waals surface area contributed by atoms with Gasteiger partial charge in [0.15, 0.2) is 0 Å². The lowest BCUT2D eigenvalue weighted by Gasteiger charge is -2.14. The van der Waals surface area contributed by atoms with Crippen molar-refractivity contribution < 1.29 is 14.3 Å². The number of pyridine rings is 1. The fraction of sp³-hybridized carbons (Fsp3) is 0.190. The maximum atomic E-state index is 12.2. The highest BCUT2D eigenvalue weighted by atomic mass is 35.5. The van der Waals surface area contributed by atoms with Crippen molar-refractivity contribution in [3.63, 3.8) is 0 Å². The maximum absolute atomic E-state index is 12.2. The van der Waals surface area contributed by atoms with Crippen LogP contribution < -0.4 is 5.32 Å². The van der Waals surface area contributed by atoms with Crippen LogP contribution in [0.25, 0.3) is 10.9 Å². The van der Waals surface area contributed by atoms with Gasteiger partial charge in [-0.2, -0.15) is 0 Å². The number of nitrogens with one attached hydrogen (secondary N) is 1. The Kier molecular flexibility index (Phi) is 5.72. The number of nitrogens with zero attached hydrogens (tertiary/aromatic N) is 1. The van der Waals surface area contributed by atoms with Crippen LogP contribution in [0.1, 0.15) is 28.5 Å². The van der Waals surface area contributed by atoms with E-state index in [1.807, 2.05) is 37.3 Å². The lowest BCUT2D eigenvalue weighted by molar-refractivity contribution is -0.146. The number of para-hydroxylation sites is 1. The molecule has 1 atom stereocenters. The molecule has 1 heterocycles. The second kappa shape index (κ2) is 8.18. The van der Waals surface area contributed by atoms with Gasteiger partial charge in [-0.1, -0.05) is 48.0 Å². The van der Waals surface area contributed by atoms with Crippen molar-refractivity contribution >= 4 is 34.4 Å². The summed E-state index contributed by atoms with van der Waals surface area (Å²) in [6.45, 7) is 3.42. The molecular weight excluding hydrogens is 364 g/mol. The summed E-state index contributed by atoms with van der Waals surface area (Å²) in [6, 6.07) is 15.5. The molecular formula is C21H19ClN2O3. The zero-order chi connectivity index (χ0) is 19.4. The highest BCUT2D eigenvalue weighted by Crippen LogP contribution is 2.27. The van der Waals surface area contributed by atoms with E-state index in [2.05, 4.69) is 10.3 Å². The highest BCUT2D eigenvalue weighted by Gasteiger charge is 2.19. The number of esters is 1. The first kappa shape index (κ1) is 18.9. The Bertz CT molecular complexity index is 989. The van der Waals surface area contributed by atoms with Gasteiger partial charge in [-0.3, -0.25) is 4.79 Å². The summed E-state index contributed by atoms with van der Waals surface area (Å²) in [5.41, 5.74) is 2.64. The van der Waals surface area contributed by atoms with Crippen LogP contribution in [0, 0.1) is 6.92 Å². The first-order valence-corrected chi connectivity index (χ1v) is 8.91. The smallest absolute Gasteiger partial charge is 0.328 e. The SMILES string of the molecule is Cc1c(Cl)c(COC(=O)C(C)NC(=O)c2ccccc2)nc2ccccc12. The third-order valence-electron chi connectivity index (χ3n) is 4.23. The number of hydrogen-bond acceptors (Lipinski definition) is 4. The molecule has 0 bridgehead atoms. The summed E-state index contributed by atoms with van der Waals surface area (Å²) in [5, 5.41) is 4.05. The molecule has 0 aliphatic heterocycles. The Labute approximate surface area is 162 Å². The van der Waals surface area contributed by atoms with Gasteiger partial charge in [-0.25, -0.2) is 9.78 Å². The number of hydrogen-bond donors (Lipinski definition) is 1. The van der Waals surface area contributed by atoms with Gasteiger partial charge in [0.25, 0.3) is 5.91 Å². The van der Waals surface area contributed by atoms with Crippen LogP contribution in [-0.4, -0.2) is 22.9 Å². The average Bonchev–Trinajstić information content (AvgIpc) is 2.70. The number of rotatable bonds is 5. The van der Waals surface area contributed by atoms with E-state index in [9.17, 15) is 9.59 Å². The van der Waals surface area contributed by atoms with E-state index in [1.165, 1.54) is 0 Å². The predicted octanol–water partition coefficient (Wildman–Crippen LogP) is 4.06. The van der Waals surface area contributed by atoms with Gasteiger partial charge >= 0.3 is 5.97 Å². The molecule has 1 N–H and O–H groups in total. The zero-order valence-corrected chi connectivity index (χ0v) is 15.8. The Morgan fingerprint density at radius 2 is 1.78 bits per heavy atom. The van der Waals surface area contributed by atoms with Crippen molar-refractivity contribution in [1.82, 2.24) is 10.3 Å². The third kappa shape index (κ3) is 4.26. The van der Waals surface area contributed by atoms with E-state index < -0.39 is 12.0 Å². The highest BCUT2D eigenvalue weighted by molar-refractivity contribution is 6.32. The van der Waals surface area contributed by atoms with E-state index in [0.29, 0.717) is 16.3 Å². The van der Waals surface area contributed by atoms with Crippen molar-refractivity contribution in [2.45, 2.75) is 26.5 Å². The Morgan fingerprint density at radius 1 is 1.11 bits per heavy atom. The van der Waals surface area contributed by atoms with Crippen LogP contribution in [0.15, 0.2) is 54.6 Å². The van der Waals surface area contributed by atoms with Crippen molar-refractivity contribution in [2.24, 2.45) is 0 Å². The normalized spacial score (nSPS) is 11.8. The molecule has 5 nitrogen and oxygen atoms in total. The van der Waals surface area contributed by atoms with Crippen molar-refractivity contribution in [3.8, 4) is 0 Å². The molecule has 1 amide bonds. The molecule has 0 fully saturated rings. The van der Waals surface area contributed by atoms with Gasteiger partial charge in [0.2, 0.25) is 0 Å². The van der Waals surface area contributed by atoms with Gasteiger partial charge in [-0.15, -0.1) is 0 Å². The summed E-state index contributed by atoms with van der Waals surface area (Å²) in [4.78, 5) is 28.8. The summed E-state index contributed by atoms with van der Waals surface area (Å²) < 4.78 is 5.31. The number of carbonyl (C=O) groups is 2. The quantitative estimate of drug-likeness (QED) is 0.676. The number of ether oxygens (including phenoxy) is 1. The standard InChI is InChI=1S/C21H19ClN2O3/c1-13-16-10-6-7-11-17(16)24-18(19(13)22)12-27-21(26)14(2)23-20(25)15-8-4-3-5-9-15/h3-11,14H,12H2,1-2H3,(H,23,25). The second-order valence-corrected chi connectivity index (χ2v) is 6.56. The van der Waals surface area contributed by atoms with E-state index in [1.54, 1.807) is 31.2 Å². The molecule has 3 aromatic rings. The summed E-state index contributed by atoms with van der Waals surface area (Å²) in [6.07, 6.45) is 0. The number of aromatic nitrogens is 1. The Hall–Kier alpha value is -2.92. The minimum absolute atomic E-state index is 0.0606. The minimum Gasteiger partial charge on any atom is -0.458 e. The van der Waals surface area contributed by atoms with E-state index in [4.69, 9.17) is 16.3 Å². The van der Waals surface area contributed by atoms with Gasteiger partial charge in [0.05, 0.1) is 16.2 Å². The molecule has 0 saturated carbocycles. The molecule has 0 saturated heterocycles. The largest absolute Gasteiger partial charge is 0.458 e. The summed E-state index contributed by atoms with van der Waals surface area (Å²) >= 11 is 6.38. The lowest BCUT2D eigenvalue weighted by Crippen LogP contribution is -2.39. The van der Waals surface area contributed by atoms with E-state index in [-0.39, 0.29) is 12.5 Å². The second-order valence-electron chi connectivity index (χ2n) is 6.18. The fourth-order valence-corrected chi connectivity index (χ4v) is 2.90. The first-order chi connectivity index (χ1) is 13.0. The van der Waals surface area contributed by atoms with Crippen LogP contribution >= 0.6 is 11.6 Å². The molecule has 0 radical (unpaired) electrons. The predicted molar refractivity (Wildman–Crippen MR) is 105 cm³/mol.